The number of nitriles is 1. The largest absolute Gasteiger partial charge is 0.387 e. The number of rotatable bonds is 1. The highest BCUT2D eigenvalue weighted by molar-refractivity contribution is 5.40. The molecule has 110 valence electrons. The second-order valence-electron chi connectivity index (χ2n) is 7.04. The van der Waals surface area contributed by atoms with E-state index in [-0.39, 0.29) is 6.04 Å². The van der Waals surface area contributed by atoms with Gasteiger partial charge in [-0.15, -0.1) is 0 Å². The average molecular weight is 282 g/mol. The molecule has 3 aliphatic rings. The smallest absolute Gasteiger partial charge is 0.101 e. The second kappa shape index (κ2) is 4.56. The Balaban J connectivity index is 1.73. The highest BCUT2D eigenvalue weighted by Gasteiger charge is 2.61. The van der Waals surface area contributed by atoms with Gasteiger partial charge in [0.15, 0.2) is 0 Å². The van der Waals surface area contributed by atoms with Gasteiger partial charge in [-0.25, -0.2) is 0 Å². The number of hydrogen-bond acceptors (Lipinski definition) is 3. The monoisotopic (exact) mass is 282 g/mol. The number of nitrogens with zero attached hydrogens (tertiary/aromatic N) is 2. The van der Waals surface area contributed by atoms with Crippen LogP contribution in [0.1, 0.15) is 36.8 Å². The standard InChI is InChI=1S/C18H22N2O/c19-13-17(11-14-5-1-2-6-15(14)12-17)18(21)8-10-20-9-4-3-7-16(18)20/h1-2,5-6,16,21H,3-4,7-12H2. The zero-order valence-corrected chi connectivity index (χ0v) is 12.4. The van der Waals surface area contributed by atoms with E-state index in [1.54, 1.807) is 0 Å². The molecule has 1 aliphatic carbocycles. The fraction of sp³-hybridized carbons (Fsp3) is 0.611. The summed E-state index contributed by atoms with van der Waals surface area (Å²) in [5, 5.41) is 21.5. The van der Waals surface area contributed by atoms with Gasteiger partial charge >= 0.3 is 0 Å². The SMILES string of the molecule is N#CC1(C2(O)CCN3CCCCC32)Cc2ccccc2C1. The molecule has 2 fully saturated rings. The van der Waals surface area contributed by atoms with Gasteiger partial charge in [-0.05, 0) is 49.8 Å². The molecule has 3 nitrogen and oxygen atoms in total. The van der Waals surface area contributed by atoms with Crippen molar-refractivity contribution < 1.29 is 5.11 Å². The Morgan fingerprint density at radius 3 is 2.52 bits per heavy atom. The zero-order valence-electron chi connectivity index (χ0n) is 12.4. The van der Waals surface area contributed by atoms with Crippen molar-refractivity contribution in [1.29, 1.82) is 5.26 Å². The molecular formula is C18H22N2O. The molecule has 2 aliphatic heterocycles. The van der Waals surface area contributed by atoms with E-state index in [2.05, 4.69) is 23.1 Å². The number of aliphatic hydroxyl groups is 1. The third kappa shape index (κ3) is 1.73. The highest BCUT2D eigenvalue weighted by atomic mass is 16.3. The van der Waals surface area contributed by atoms with Gasteiger partial charge in [-0.1, -0.05) is 30.7 Å². The van der Waals surface area contributed by atoms with Crippen molar-refractivity contribution in [2.24, 2.45) is 5.41 Å². The second-order valence-corrected chi connectivity index (χ2v) is 7.04. The van der Waals surface area contributed by atoms with Crippen molar-refractivity contribution in [1.82, 2.24) is 4.90 Å². The molecule has 0 radical (unpaired) electrons. The molecule has 0 amide bonds. The Morgan fingerprint density at radius 1 is 1.14 bits per heavy atom. The van der Waals surface area contributed by atoms with Crippen LogP contribution in [0.25, 0.3) is 0 Å². The normalized spacial score (nSPS) is 34.2. The maximum atomic E-state index is 11.5. The Hall–Kier alpha value is -1.37. The molecule has 21 heavy (non-hydrogen) atoms. The van der Waals surface area contributed by atoms with Gasteiger partial charge in [0.1, 0.15) is 5.60 Å². The first kappa shape index (κ1) is 13.3. The maximum absolute atomic E-state index is 11.5. The van der Waals surface area contributed by atoms with Gasteiger partial charge in [0, 0.05) is 12.6 Å². The van der Waals surface area contributed by atoms with Crippen LogP contribution in [0.4, 0.5) is 0 Å². The Bertz CT molecular complexity index is 580. The average Bonchev–Trinajstić information content (AvgIpc) is 3.08. The molecule has 1 aromatic carbocycles. The summed E-state index contributed by atoms with van der Waals surface area (Å²) in [6.45, 7) is 2.03. The van der Waals surface area contributed by atoms with Crippen molar-refractivity contribution in [3.63, 3.8) is 0 Å². The number of piperidine rings is 1. The van der Waals surface area contributed by atoms with Crippen LogP contribution < -0.4 is 0 Å². The zero-order chi connectivity index (χ0) is 14.5. The quantitative estimate of drug-likeness (QED) is 0.859. The number of fused-ring (bicyclic) bond motifs is 2. The minimum atomic E-state index is -0.846. The number of hydrogen-bond donors (Lipinski definition) is 1. The molecule has 2 heterocycles. The van der Waals surface area contributed by atoms with E-state index >= 15 is 0 Å². The molecule has 2 unspecified atom stereocenters. The van der Waals surface area contributed by atoms with Crippen LogP contribution in [0, 0.1) is 16.7 Å². The van der Waals surface area contributed by atoms with Gasteiger partial charge in [0.2, 0.25) is 0 Å². The summed E-state index contributed by atoms with van der Waals surface area (Å²) in [6.07, 6.45) is 5.61. The minimum Gasteiger partial charge on any atom is -0.387 e. The molecule has 2 atom stereocenters. The summed E-state index contributed by atoms with van der Waals surface area (Å²) in [6, 6.07) is 11.1. The lowest BCUT2D eigenvalue weighted by molar-refractivity contribution is -0.0837. The van der Waals surface area contributed by atoms with Gasteiger partial charge < -0.3 is 5.11 Å². The minimum absolute atomic E-state index is 0.181. The van der Waals surface area contributed by atoms with E-state index in [1.807, 2.05) is 12.1 Å². The fourth-order valence-electron chi connectivity index (χ4n) is 4.94. The topological polar surface area (TPSA) is 47.3 Å². The molecule has 0 saturated carbocycles. The van der Waals surface area contributed by atoms with E-state index < -0.39 is 11.0 Å². The first-order valence-corrected chi connectivity index (χ1v) is 8.13. The van der Waals surface area contributed by atoms with E-state index in [0.29, 0.717) is 12.8 Å². The summed E-state index contributed by atoms with van der Waals surface area (Å²) in [5.41, 5.74) is 1.03. The highest BCUT2D eigenvalue weighted by Crippen LogP contribution is 2.52. The van der Waals surface area contributed by atoms with Crippen molar-refractivity contribution in [2.75, 3.05) is 13.1 Å². The lowest BCUT2D eigenvalue weighted by atomic mass is 9.65. The van der Waals surface area contributed by atoms with E-state index in [1.165, 1.54) is 24.0 Å². The third-order valence-corrected chi connectivity index (χ3v) is 6.09. The molecule has 4 rings (SSSR count). The summed E-state index contributed by atoms with van der Waals surface area (Å²) < 4.78 is 0. The van der Waals surface area contributed by atoms with Gasteiger partial charge in [0.05, 0.1) is 11.5 Å². The van der Waals surface area contributed by atoms with Crippen LogP contribution in [-0.4, -0.2) is 34.7 Å². The molecule has 3 heteroatoms. The van der Waals surface area contributed by atoms with Crippen molar-refractivity contribution in [3.8, 4) is 6.07 Å². The molecule has 0 bridgehead atoms. The first-order valence-electron chi connectivity index (χ1n) is 8.13. The van der Waals surface area contributed by atoms with E-state index in [9.17, 15) is 10.4 Å². The molecule has 1 aromatic rings. The predicted octanol–water partition coefficient (Wildman–Crippen LogP) is 2.28. The van der Waals surface area contributed by atoms with Crippen LogP contribution in [-0.2, 0) is 12.8 Å². The van der Waals surface area contributed by atoms with Crippen LogP contribution in [0.15, 0.2) is 24.3 Å². The third-order valence-electron chi connectivity index (χ3n) is 6.09. The summed E-state index contributed by atoms with van der Waals surface area (Å²) in [4.78, 5) is 2.42. The van der Waals surface area contributed by atoms with Gasteiger partial charge in [0.25, 0.3) is 0 Å². The predicted molar refractivity (Wildman–Crippen MR) is 80.7 cm³/mol. The van der Waals surface area contributed by atoms with Crippen LogP contribution in [0.2, 0.25) is 0 Å². The van der Waals surface area contributed by atoms with Crippen molar-refractivity contribution in [2.45, 2.75) is 50.2 Å². The molecule has 2 saturated heterocycles. The molecule has 1 N–H and O–H groups in total. The van der Waals surface area contributed by atoms with E-state index in [4.69, 9.17) is 0 Å². The fourth-order valence-corrected chi connectivity index (χ4v) is 4.94. The van der Waals surface area contributed by atoms with Gasteiger partial charge in [-0.3, -0.25) is 4.90 Å². The first-order chi connectivity index (χ1) is 10.2. The molecule has 0 aromatic heterocycles. The van der Waals surface area contributed by atoms with Crippen molar-refractivity contribution in [3.05, 3.63) is 35.4 Å². The summed E-state index contributed by atoms with van der Waals surface area (Å²) >= 11 is 0. The molecular weight excluding hydrogens is 260 g/mol. The Kier molecular flexibility index (Phi) is 2.89. The van der Waals surface area contributed by atoms with Crippen LogP contribution in [0.3, 0.4) is 0 Å². The molecule has 0 spiro atoms. The van der Waals surface area contributed by atoms with Gasteiger partial charge in [-0.2, -0.15) is 5.26 Å². The lowest BCUT2D eigenvalue weighted by Crippen LogP contribution is -2.57. The Morgan fingerprint density at radius 2 is 1.86 bits per heavy atom. The van der Waals surface area contributed by atoms with E-state index in [0.717, 1.165) is 25.9 Å². The summed E-state index contributed by atoms with van der Waals surface area (Å²) in [7, 11) is 0. The number of benzene rings is 1. The maximum Gasteiger partial charge on any atom is 0.101 e. The van der Waals surface area contributed by atoms with Crippen molar-refractivity contribution >= 4 is 0 Å². The van der Waals surface area contributed by atoms with Crippen LogP contribution >= 0.6 is 0 Å². The van der Waals surface area contributed by atoms with Crippen LogP contribution in [0.5, 0.6) is 0 Å². The summed E-state index contributed by atoms with van der Waals surface area (Å²) in [5.74, 6) is 0. The Labute approximate surface area is 126 Å². The lowest BCUT2D eigenvalue weighted by Gasteiger charge is -2.45.